The van der Waals surface area contributed by atoms with Crippen molar-refractivity contribution in [1.29, 1.82) is 0 Å². The summed E-state index contributed by atoms with van der Waals surface area (Å²) in [7, 11) is 0. The molecule has 0 heterocycles. The topological polar surface area (TPSA) is 84.3 Å². The van der Waals surface area contributed by atoms with Crippen LogP contribution < -0.4 is 10.6 Å². The number of nitrogens with zero attached hydrogens (tertiary/aromatic N) is 1. The van der Waals surface area contributed by atoms with Crippen molar-refractivity contribution in [2.24, 2.45) is 0 Å². The SMILES string of the molecule is Cc1ccc([N+](=O)[O-])cc1NC(=O)CNc1ccc(Cl)cc1. The quantitative estimate of drug-likeness (QED) is 0.651. The number of benzene rings is 2. The maximum atomic E-state index is 11.9. The zero-order chi connectivity index (χ0) is 16.1. The predicted molar refractivity (Wildman–Crippen MR) is 86.4 cm³/mol. The lowest BCUT2D eigenvalue weighted by Crippen LogP contribution is -2.22. The molecule has 2 aromatic carbocycles. The van der Waals surface area contributed by atoms with Crippen molar-refractivity contribution in [3.63, 3.8) is 0 Å². The van der Waals surface area contributed by atoms with Crippen molar-refractivity contribution >= 4 is 34.6 Å². The van der Waals surface area contributed by atoms with Crippen LogP contribution in [-0.4, -0.2) is 17.4 Å². The fourth-order valence-corrected chi connectivity index (χ4v) is 1.93. The fraction of sp³-hybridized carbons (Fsp3) is 0.133. The van der Waals surface area contributed by atoms with Gasteiger partial charge in [0.05, 0.1) is 17.2 Å². The molecule has 0 aliphatic rings. The second kappa shape index (κ2) is 6.91. The average molecular weight is 320 g/mol. The zero-order valence-corrected chi connectivity index (χ0v) is 12.6. The number of aryl methyl sites for hydroxylation is 1. The molecule has 0 bridgehead atoms. The molecule has 6 nitrogen and oxygen atoms in total. The molecule has 0 aliphatic heterocycles. The van der Waals surface area contributed by atoms with Crippen molar-refractivity contribution < 1.29 is 9.72 Å². The van der Waals surface area contributed by atoms with Crippen LogP contribution in [0.2, 0.25) is 5.02 Å². The van der Waals surface area contributed by atoms with Crippen LogP contribution in [0, 0.1) is 17.0 Å². The largest absolute Gasteiger partial charge is 0.376 e. The van der Waals surface area contributed by atoms with E-state index in [-0.39, 0.29) is 18.1 Å². The van der Waals surface area contributed by atoms with E-state index in [0.717, 1.165) is 11.3 Å². The van der Waals surface area contributed by atoms with Crippen molar-refractivity contribution in [2.75, 3.05) is 17.2 Å². The summed E-state index contributed by atoms with van der Waals surface area (Å²) in [6, 6.07) is 11.3. The van der Waals surface area contributed by atoms with Gasteiger partial charge in [-0.05, 0) is 36.8 Å². The van der Waals surface area contributed by atoms with Gasteiger partial charge in [-0.2, -0.15) is 0 Å². The van der Waals surface area contributed by atoms with E-state index in [0.29, 0.717) is 10.7 Å². The number of non-ortho nitro benzene ring substituents is 1. The molecule has 2 N–H and O–H groups in total. The van der Waals surface area contributed by atoms with E-state index >= 15 is 0 Å². The van der Waals surface area contributed by atoms with Gasteiger partial charge in [-0.15, -0.1) is 0 Å². The van der Waals surface area contributed by atoms with E-state index in [1.165, 1.54) is 12.1 Å². The monoisotopic (exact) mass is 319 g/mol. The molecule has 0 fully saturated rings. The Kier molecular flexibility index (Phi) is 4.95. The molecule has 2 aromatic rings. The molecule has 0 saturated heterocycles. The summed E-state index contributed by atoms with van der Waals surface area (Å²) in [5.74, 6) is -0.293. The Morgan fingerprint density at radius 2 is 1.91 bits per heavy atom. The lowest BCUT2D eigenvalue weighted by atomic mass is 10.2. The Morgan fingerprint density at radius 1 is 1.23 bits per heavy atom. The van der Waals surface area contributed by atoms with Gasteiger partial charge in [-0.25, -0.2) is 0 Å². The van der Waals surface area contributed by atoms with E-state index in [2.05, 4.69) is 10.6 Å². The van der Waals surface area contributed by atoms with E-state index in [4.69, 9.17) is 11.6 Å². The third kappa shape index (κ3) is 4.20. The Hall–Kier alpha value is -2.60. The molecule has 0 atom stereocenters. The van der Waals surface area contributed by atoms with Gasteiger partial charge in [-0.1, -0.05) is 17.7 Å². The van der Waals surface area contributed by atoms with Crippen molar-refractivity contribution in [1.82, 2.24) is 0 Å². The Balaban J connectivity index is 1.98. The smallest absolute Gasteiger partial charge is 0.271 e. The van der Waals surface area contributed by atoms with Gasteiger partial charge in [0, 0.05) is 22.8 Å². The summed E-state index contributed by atoms with van der Waals surface area (Å²) >= 11 is 5.78. The standard InChI is InChI=1S/C15H14ClN3O3/c1-10-2-7-13(19(21)22)8-14(10)18-15(20)9-17-12-5-3-11(16)4-6-12/h2-8,17H,9H2,1H3,(H,18,20). The number of hydrogen-bond acceptors (Lipinski definition) is 4. The van der Waals surface area contributed by atoms with Crippen LogP contribution in [0.3, 0.4) is 0 Å². The number of hydrogen-bond donors (Lipinski definition) is 2. The van der Waals surface area contributed by atoms with Gasteiger partial charge in [0.15, 0.2) is 0 Å². The first kappa shape index (κ1) is 15.8. The summed E-state index contributed by atoms with van der Waals surface area (Å²) in [5.41, 5.74) is 1.88. The van der Waals surface area contributed by atoms with Crippen LogP contribution in [-0.2, 0) is 4.79 Å². The summed E-state index contributed by atoms with van der Waals surface area (Å²) in [4.78, 5) is 22.2. The molecule has 22 heavy (non-hydrogen) atoms. The van der Waals surface area contributed by atoms with Crippen LogP contribution in [0.4, 0.5) is 17.1 Å². The lowest BCUT2D eigenvalue weighted by molar-refractivity contribution is -0.384. The minimum Gasteiger partial charge on any atom is -0.376 e. The van der Waals surface area contributed by atoms with E-state index < -0.39 is 4.92 Å². The highest BCUT2D eigenvalue weighted by atomic mass is 35.5. The summed E-state index contributed by atoms with van der Waals surface area (Å²) in [5, 5.41) is 17.0. The number of carbonyl (C=O) groups excluding carboxylic acids is 1. The molecular formula is C15H14ClN3O3. The number of nitro groups is 1. The molecule has 0 spiro atoms. The summed E-state index contributed by atoms with van der Waals surface area (Å²) < 4.78 is 0. The average Bonchev–Trinajstić information content (AvgIpc) is 2.48. The van der Waals surface area contributed by atoms with Crippen LogP contribution in [0.5, 0.6) is 0 Å². The van der Waals surface area contributed by atoms with E-state index in [1.54, 1.807) is 37.3 Å². The fourth-order valence-electron chi connectivity index (χ4n) is 1.80. The molecule has 0 saturated carbocycles. The zero-order valence-electron chi connectivity index (χ0n) is 11.8. The first-order valence-electron chi connectivity index (χ1n) is 6.50. The number of nitro benzene ring substituents is 1. The van der Waals surface area contributed by atoms with Crippen molar-refractivity contribution in [3.05, 3.63) is 63.2 Å². The molecule has 7 heteroatoms. The second-order valence-corrected chi connectivity index (χ2v) is 5.10. The molecule has 0 aromatic heterocycles. The highest BCUT2D eigenvalue weighted by Gasteiger charge is 2.11. The van der Waals surface area contributed by atoms with Gasteiger partial charge in [0.25, 0.3) is 5.69 Å². The van der Waals surface area contributed by atoms with Crippen LogP contribution in [0.15, 0.2) is 42.5 Å². The number of halogens is 1. The molecule has 0 radical (unpaired) electrons. The predicted octanol–water partition coefficient (Wildman–Crippen LogP) is 3.61. The normalized spacial score (nSPS) is 10.1. The van der Waals surface area contributed by atoms with Gasteiger partial charge >= 0.3 is 0 Å². The maximum Gasteiger partial charge on any atom is 0.271 e. The van der Waals surface area contributed by atoms with Crippen LogP contribution in [0.25, 0.3) is 0 Å². The first-order chi connectivity index (χ1) is 10.5. The second-order valence-electron chi connectivity index (χ2n) is 4.66. The maximum absolute atomic E-state index is 11.9. The molecule has 2 rings (SSSR count). The van der Waals surface area contributed by atoms with Gasteiger partial charge in [0.2, 0.25) is 5.91 Å². The summed E-state index contributed by atoms with van der Waals surface area (Å²) in [6.07, 6.45) is 0. The van der Waals surface area contributed by atoms with Crippen LogP contribution in [0.1, 0.15) is 5.56 Å². The number of rotatable bonds is 5. The van der Waals surface area contributed by atoms with Gasteiger partial charge in [-0.3, -0.25) is 14.9 Å². The van der Waals surface area contributed by atoms with E-state index in [1.807, 2.05) is 0 Å². The van der Waals surface area contributed by atoms with Gasteiger partial charge < -0.3 is 10.6 Å². The van der Waals surface area contributed by atoms with Crippen molar-refractivity contribution in [2.45, 2.75) is 6.92 Å². The number of amides is 1. The molecule has 114 valence electrons. The Bertz CT molecular complexity index is 702. The number of anilines is 2. The molecule has 0 unspecified atom stereocenters. The highest BCUT2D eigenvalue weighted by molar-refractivity contribution is 6.30. The third-order valence-corrected chi connectivity index (χ3v) is 3.26. The number of nitrogens with one attached hydrogen (secondary N) is 2. The molecule has 1 amide bonds. The Morgan fingerprint density at radius 3 is 2.55 bits per heavy atom. The first-order valence-corrected chi connectivity index (χ1v) is 6.88. The summed E-state index contributed by atoms with van der Waals surface area (Å²) in [6.45, 7) is 1.82. The lowest BCUT2D eigenvalue weighted by Gasteiger charge is -2.10. The Labute approximate surface area is 132 Å². The van der Waals surface area contributed by atoms with Crippen molar-refractivity contribution in [3.8, 4) is 0 Å². The number of carbonyl (C=O) groups is 1. The van der Waals surface area contributed by atoms with Gasteiger partial charge in [0.1, 0.15) is 0 Å². The van der Waals surface area contributed by atoms with Crippen LogP contribution >= 0.6 is 11.6 Å². The molecule has 0 aliphatic carbocycles. The van der Waals surface area contributed by atoms with E-state index in [9.17, 15) is 14.9 Å². The third-order valence-electron chi connectivity index (χ3n) is 3.00. The highest BCUT2D eigenvalue weighted by Crippen LogP contribution is 2.21. The minimum atomic E-state index is -0.499. The molecular weight excluding hydrogens is 306 g/mol. The minimum absolute atomic E-state index is 0.0454.